The summed E-state index contributed by atoms with van der Waals surface area (Å²) >= 11 is 1.32. The molecule has 0 bridgehead atoms. The molecule has 0 atom stereocenters. The number of rotatable bonds is 7. The van der Waals surface area contributed by atoms with Crippen molar-refractivity contribution in [2.45, 2.75) is 18.6 Å². The number of carbonyl (C=O) groups is 2. The Morgan fingerprint density at radius 2 is 1.89 bits per heavy atom. The number of thioether (sulfide) groups is 1. The molecule has 3 rings (SSSR count). The zero-order valence-corrected chi connectivity index (χ0v) is 16.4. The monoisotopic (exact) mass is 396 g/mol. The van der Waals surface area contributed by atoms with Crippen molar-refractivity contribution in [2.24, 2.45) is 0 Å². The first kappa shape index (κ1) is 19.6. The highest BCUT2D eigenvalue weighted by Crippen LogP contribution is 2.25. The van der Waals surface area contributed by atoms with E-state index in [1.807, 2.05) is 47.9 Å². The van der Waals surface area contributed by atoms with Crippen LogP contribution >= 0.6 is 11.8 Å². The molecule has 1 heterocycles. The molecule has 3 aromatic rings. The molecular formula is C20H20N4O3S. The Bertz CT molecular complexity index is 973. The quantitative estimate of drug-likeness (QED) is 0.486. The van der Waals surface area contributed by atoms with Crippen molar-refractivity contribution in [1.82, 2.24) is 14.8 Å². The van der Waals surface area contributed by atoms with E-state index in [4.69, 9.17) is 4.74 Å². The van der Waals surface area contributed by atoms with Crippen LogP contribution in [0.1, 0.15) is 17.3 Å². The smallest absolute Gasteiger partial charge is 0.337 e. The van der Waals surface area contributed by atoms with Gasteiger partial charge in [0.2, 0.25) is 5.91 Å². The fourth-order valence-corrected chi connectivity index (χ4v) is 3.45. The van der Waals surface area contributed by atoms with Gasteiger partial charge in [0.15, 0.2) is 11.0 Å². The van der Waals surface area contributed by atoms with Crippen LogP contribution in [0.5, 0.6) is 0 Å². The van der Waals surface area contributed by atoms with Gasteiger partial charge in [-0.25, -0.2) is 4.79 Å². The molecule has 0 saturated heterocycles. The summed E-state index contributed by atoms with van der Waals surface area (Å²) in [5.41, 5.74) is 1.96. The van der Waals surface area contributed by atoms with Gasteiger partial charge in [-0.2, -0.15) is 0 Å². The van der Waals surface area contributed by atoms with Crippen LogP contribution in [0.15, 0.2) is 59.8 Å². The minimum Gasteiger partial charge on any atom is -0.465 e. The Balaban J connectivity index is 1.73. The molecular weight excluding hydrogens is 376 g/mol. The number of benzene rings is 2. The van der Waals surface area contributed by atoms with E-state index in [1.54, 1.807) is 18.2 Å². The van der Waals surface area contributed by atoms with E-state index in [2.05, 4.69) is 15.5 Å². The van der Waals surface area contributed by atoms with Crippen molar-refractivity contribution in [1.29, 1.82) is 0 Å². The number of ether oxygens (including phenoxy) is 1. The first-order valence-corrected chi connectivity index (χ1v) is 9.70. The lowest BCUT2D eigenvalue weighted by Gasteiger charge is -2.08. The second kappa shape index (κ2) is 9.18. The SMILES string of the molecule is CCn1c(SCC(=O)Nc2ccccc2)nnc1-c1cccc(C(=O)OC)c1. The van der Waals surface area contributed by atoms with Crippen LogP contribution in [-0.4, -0.2) is 39.5 Å². The summed E-state index contributed by atoms with van der Waals surface area (Å²) in [6.07, 6.45) is 0. The molecule has 1 amide bonds. The van der Waals surface area contributed by atoms with Crippen molar-refractivity contribution >= 4 is 29.3 Å². The molecule has 0 unspecified atom stereocenters. The molecule has 1 aromatic heterocycles. The fraction of sp³-hybridized carbons (Fsp3) is 0.200. The summed E-state index contributed by atoms with van der Waals surface area (Å²) in [5, 5.41) is 12.0. The standard InChI is InChI=1S/C20H20N4O3S/c1-3-24-18(14-8-7-9-15(12-14)19(26)27-2)22-23-20(24)28-13-17(25)21-16-10-5-4-6-11-16/h4-12H,3,13H2,1-2H3,(H,21,25). The number of methoxy groups -OCH3 is 1. The van der Waals surface area contributed by atoms with Gasteiger partial charge in [0.05, 0.1) is 18.4 Å². The maximum Gasteiger partial charge on any atom is 0.337 e. The molecule has 2 aromatic carbocycles. The number of hydrogen-bond donors (Lipinski definition) is 1. The predicted molar refractivity (Wildman–Crippen MR) is 108 cm³/mol. The molecule has 0 aliphatic heterocycles. The molecule has 0 aliphatic rings. The summed E-state index contributed by atoms with van der Waals surface area (Å²) in [5.74, 6) is 0.335. The number of aromatic nitrogens is 3. The molecule has 0 fully saturated rings. The number of esters is 1. The lowest BCUT2D eigenvalue weighted by Crippen LogP contribution is -2.14. The number of anilines is 1. The second-order valence-corrected chi connectivity index (χ2v) is 6.77. The Hall–Kier alpha value is -3.13. The Labute approximate surface area is 167 Å². The van der Waals surface area contributed by atoms with E-state index >= 15 is 0 Å². The molecule has 28 heavy (non-hydrogen) atoms. The van der Waals surface area contributed by atoms with E-state index < -0.39 is 5.97 Å². The topological polar surface area (TPSA) is 86.1 Å². The number of nitrogens with one attached hydrogen (secondary N) is 1. The van der Waals surface area contributed by atoms with Crippen molar-refractivity contribution in [3.63, 3.8) is 0 Å². The summed E-state index contributed by atoms with van der Waals surface area (Å²) in [6.45, 7) is 2.61. The highest BCUT2D eigenvalue weighted by Gasteiger charge is 2.16. The Kier molecular flexibility index (Phi) is 6.44. The number of hydrogen-bond acceptors (Lipinski definition) is 6. The lowest BCUT2D eigenvalue weighted by atomic mass is 10.1. The van der Waals surface area contributed by atoms with Gasteiger partial charge in [-0.1, -0.05) is 42.1 Å². The first-order chi connectivity index (χ1) is 13.6. The number of carbonyl (C=O) groups excluding carboxylic acids is 2. The Morgan fingerprint density at radius 3 is 2.61 bits per heavy atom. The van der Waals surface area contributed by atoms with Gasteiger partial charge >= 0.3 is 5.97 Å². The molecule has 0 spiro atoms. The fourth-order valence-electron chi connectivity index (χ4n) is 2.65. The molecule has 7 nitrogen and oxygen atoms in total. The van der Waals surface area contributed by atoms with Crippen LogP contribution in [0, 0.1) is 0 Å². The number of amides is 1. The minimum absolute atomic E-state index is 0.115. The van der Waals surface area contributed by atoms with E-state index in [9.17, 15) is 9.59 Å². The van der Waals surface area contributed by atoms with Crippen molar-refractivity contribution in [3.05, 3.63) is 60.2 Å². The van der Waals surface area contributed by atoms with Crippen molar-refractivity contribution in [3.8, 4) is 11.4 Å². The molecule has 8 heteroatoms. The summed E-state index contributed by atoms with van der Waals surface area (Å²) in [6, 6.07) is 16.3. The van der Waals surface area contributed by atoms with Gasteiger partial charge in [-0.05, 0) is 31.2 Å². The van der Waals surface area contributed by atoms with Gasteiger partial charge in [0, 0.05) is 17.8 Å². The van der Waals surface area contributed by atoms with Gasteiger partial charge in [0.1, 0.15) is 0 Å². The van der Waals surface area contributed by atoms with Crippen LogP contribution in [-0.2, 0) is 16.1 Å². The molecule has 144 valence electrons. The van der Waals surface area contributed by atoms with E-state index in [0.717, 1.165) is 11.3 Å². The highest BCUT2D eigenvalue weighted by molar-refractivity contribution is 7.99. The second-order valence-electron chi connectivity index (χ2n) is 5.83. The van der Waals surface area contributed by atoms with Crippen LogP contribution in [0.4, 0.5) is 5.69 Å². The average molecular weight is 396 g/mol. The van der Waals surface area contributed by atoms with E-state index in [1.165, 1.54) is 18.9 Å². The van der Waals surface area contributed by atoms with E-state index in [0.29, 0.717) is 23.1 Å². The third-order valence-corrected chi connectivity index (χ3v) is 4.93. The normalized spacial score (nSPS) is 10.5. The summed E-state index contributed by atoms with van der Waals surface area (Å²) in [7, 11) is 1.35. The van der Waals surface area contributed by atoms with E-state index in [-0.39, 0.29) is 11.7 Å². The number of para-hydroxylation sites is 1. The number of nitrogens with zero attached hydrogens (tertiary/aromatic N) is 3. The summed E-state index contributed by atoms with van der Waals surface area (Å²) in [4.78, 5) is 23.9. The molecule has 0 radical (unpaired) electrons. The molecule has 0 aliphatic carbocycles. The highest BCUT2D eigenvalue weighted by atomic mass is 32.2. The van der Waals surface area contributed by atoms with Crippen LogP contribution in [0.25, 0.3) is 11.4 Å². The minimum atomic E-state index is -0.406. The maximum atomic E-state index is 12.2. The van der Waals surface area contributed by atoms with Gasteiger partial charge in [0.25, 0.3) is 0 Å². The van der Waals surface area contributed by atoms with Crippen LogP contribution in [0.3, 0.4) is 0 Å². The largest absolute Gasteiger partial charge is 0.465 e. The third-order valence-electron chi connectivity index (χ3n) is 3.96. The first-order valence-electron chi connectivity index (χ1n) is 8.72. The third kappa shape index (κ3) is 4.58. The van der Waals surface area contributed by atoms with Crippen molar-refractivity contribution < 1.29 is 14.3 Å². The lowest BCUT2D eigenvalue weighted by molar-refractivity contribution is -0.113. The maximum absolute atomic E-state index is 12.2. The average Bonchev–Trinajstić information content (AvgIpc) is 3.15. The van der Waals surface area contributed by atoms with Crippen LogP contribution < -0.4 is 5.32 Å². The van der Waals surface area contributed by atoms with Crippen molar-refractivity contribution in [2.75, 3.05) is 18.2 Å². The predicted octanol–water partition coefficient (Wildman–Crippen LogP) is 3.48. The summed E-state index contributed by atoms with van der Waals surface area (Å²) < 4.78 is 6.69. The zero-order valence-electron chi connectivity index (χ0n) is 15.6. The van der Waals surface area contributed by atoms with Gasteiger partial charge in [-0.3, -0.25) is 4.79 Å². The zero-order chi connectivity index (χ0) is 19.9. The van der Waals surface area contributed by atoms with Gasteiger partial charge < -0.3 is 14.6 Å². The van der Waals surface area contributed by atoms with Gasteiger partial charge in [-0.15, -0.1) is 10.2 Å². The van der Waals surface area contributed by atoms with Crippen LogP contribution in [0.2, 0.25) is 0 Å². The molecule has 1 N–H and O–H groups in total. The molecule has 0 saturated carbocycles. The Morgan fingerprint density at radius 1 is 1.11 bits per heavy atom.